The molecule has 6 fully saturated rings. The number of anilines is 1. The number of ketones is 2. The first-order chi connectivity index (χ1) is 31.4. The first-order valence-corrected chi connectivity index (χ1v) is 23.8. The summed E-state index contributed by atoms with van der Waals surface area (Å²) in [5.74, 6) is -1.15. The molecule has 354 valence electrons. The second kappa shape index (κ2) is 17.8. The van der Waals surface area contributed by atoms with Crippen molar-refractivity contribution in [2.45, 2.75) is 102 Å². The van der Waals surface area contributed by atoms with E-state index in [1.165, 1.54) is 0 Å². The Bertz CT molecular complexity index is 2390. The number of carbonyl (C=O) groups is 3. The standard InChI is InChI=1S/C26H28Cl2N4O4.C24H32O6/c1-19(33)31-10-12-32(13-11-31)21-3-5-22(6-4-21)34-15-23-16-35-26(36-23,17-30-9-8-29-18-30)24-7-2-20(27)14-25(24)28;1-21(2)29-19-10-16-15-6-5-13-9-14(26)7-8-22(13,3)20(15)17(27)11-23(16,4)24(19,30-21)18(28)12-25/h2-9,14,18,23H,10-13,15-17H2,1H3;7-9,15-17,19-20,25,27H,5-6,10-12H2,1-4H3/t23-,26-;15-,16-,17-,19+,20+,22-,23-,24+/m00/s1. The maximum absolute atomic E-state index is 13.2. The number of fused-ring (bicyclic) bond motifs is 7. The predicted octanol–water partition coefficient (Wildman–Crippen LogP) is 6.53. The van der Waals surface area contributed by atoms with Gasteiger partial charge in [-0.1, -0.05) is 54.8 Å². The van der Waals surface area contributed by atoms with E-state index in [4.69, 9.17) is 46.9 Å². The zero-order valence-electron chi connectivity index (χ0n) is 38.2. The van der Waals surface area contributed by atoms with Crippen molar-refractivity contribution in [2.75, 3.05) is 50.9 Å². The van der Waals surface area contributed by atoms with Gasteiger partial charge in [-0.05, 0) is 99.9 Å². The number of aromatic nitrogens is 2. The van der Waals surface area contributed by atoms with Gasteiger partial charge in [0.25, 0.3) is 0 Å². The highest BCUT2D eigenvalue weighted by Crippen LogP contribution is 2.70. The number of halogens is 2. The molecule has 3 saturated carbocycles. The molecule has 1 aromatic heterocycles. The molecule has 10 rings (SSSR count). The summed E-state index contributed by atoms with van der Waals surface area (Å²) in [6.45, 7) is 13.0. The first kappa shape index (κ1) is 47.0. The number of carbonyl (C=O) groups excluding carboxylic acids is 3. The molecule has 1 amide bonds. The molecule has 2 N–H and O–H groups in total. The lowest BCUT2D eigenvalue weighted by Gasteiger charge is -2.59. The Morgan fingerprint density at radius 1 is 1.02 bits per heavy atom. The van der Waals surface area contributed by atoms with E-state index in [1.54, 1.807) is 57.6 Å². The number of amides is 1. The van der Waals surface area contributed by atoms with Crippen LogP contribution in [0.25, 0.3) is 0 Å². The van der Waals surface area contributed by atoms with E-state index in [0.717, 1.165) is 56.0 Å². The van der Waals surface area contributed by atoms with Crippen LogP contribution in [0.5, 0.6) is 5.75 Å². The zero-order valence-corrected chi connectivity index (χ0v) is 39.7. The monoisotopic (exact) mass is 946 g/mol. The molecule has 0 radical (unpaired) electrons. The molecule has 0 bridgehead atoms. The van der Waals surface area contributed by atoms with Crippen LogP contribution in [0, 0.1) is 28.6 Å². The molecule has 10 atom stereocenters. The quantitative estimate of drug-likeness (QED) is 0.239. The summed E-state index contributed by atoms with van der Waals surface area (Å²) in [5.41, 5.74) is 0.702. The third kappa shape index (κ3) is 8.22. The number of aliphatic hydroxyl groups is 2. The van der Waals surface area contributed by atoms with Gasteiger partial charge in [0.05, 0.1) is 36.7 Å². The molecule has 16 heteroatoms. The van der Waals surface area contributed by atoms with Gasteiger partial charge in [-0.15, -0.1) is 0 Å². The van der Waals surface area contributed by atoms with Gasteiger partial charge >= 0.3 is 0 Å². The van der Waals surface area contributed by atoms with E-state index in [1.807, 2.05) is 59.0 Å². The van der Waals surface area contributed by atoms with Crippen molar-refractivity contribution in [1.29, 1.82) is 0 Å². The van der Waals surface area contributed by atoms with Crippen LogP contribution >= 0.6 is 23.2 Å². The number of allylic oxidation sites excluding steroid dienone is 4. The van der Waals surface area contributed by atoms with Crippen molar-refractivity contribution in [3.05, 3.63) is 101 Å². The highest BCUT2D eigenvalue weighted by Gasteiger charge is 2.76. The fourth-order valence-electron chi connectivity index (χ4n) is 12.6. The minimum Gasteiger partial charge on any atom is -0.491 e. The van der Waals surface area contributed by atoms with Gasteiger partial charge in [-0.2, -0.15) is 0 Å². The van der Waals surface area contributed by atoms with Crippen molar-refractivity contribution in [2.24, 2.45) is 28.6 Å². The highest BCUT2D eigenvalue weighted by atomic mass is 35.5. The summed E-state index contributed by atoms with van der Waals surface area (Å²) in [7, 11) is 0. The lowest BCUT2D eigenvalue weighted by atomic mass is 9.46. The fourth-order valence-corrected chi connectivity index (χ4v) is 13.2. The Kier molecular flexibility index (Phi) is 12.6. The van der Waals surface area contributed by atoms with E-state index in [2.05, 4.69) is 16.8 Å². The third-order valence-corrected chi connectivity index (χ3v) is 16.1. The first-order valence-electron chi connectivity index (χ1n) is 23.0. The lowest BCUT2D eigenvalue weighted by Crippen LogP contribution is -2.63. The zero-order chi connectivity index (χ0) is 46.8. The second-order valence-electron chi connectivity index (χ2n) is 19.8. The Balaban J connectivity index is 0.000000169. The number of benzene rings is 2. The Hall–Kier alpha value is -4.12. The largest absolute Gasteiger partial charge is 0.491 e. The summed E-state index contributed by atoms with van der Waals surface area (Å²) in [5, 5.41) is 22.3. The number of hydrogen-bond donors (Lipinski definition) is 2. The number of aliphatic hydroxyl groups excluding tert-OH is 2. The van der Waals surface area contributed by atoms with Crippen molar-refractivity contribution in [3.63, 3.8) is 0 Å². The molecular formula is C50H60Cl2N4O10. The number of imidazole rings is 1. The lowest BCUT2D eigenvalue weighted by molar-refractivity contribution is -0.225. The SMILES string of the molecule is CC(=O)N1CCN(c2ccc(OC[C@H]3CO[C@](Cn4ccnc4)(c4ccc(Cl)cc4Cl)O3)cc2)CC1.CC1(C)O[C@@H]2C[C@H]3[C@@H]4CCC5=CC(=O)C=C[C@]5(C)[C@H]4[C@@H](O)C[C@]3(C)[C@]2(C(=O)CO)O1. The van der Waals surface area contributed by atoms with Crippen LogP contribution in [-0.2, 0) is 45.7 Å². The smallest absolute Gasteiger partial charge is 0.219 e. The molecule has 4 aliphatic carbocycles. The fraction of sp³-hybridized carbons (Fsp3) is 0.560. The van der Waals surface area contributed by atoms with Crippen molar-refractivity contribution >= 4 is 46.4 Å². The van der Waals surface area contributed by atoms with Crippen LogP contribution in [0.15, 0.2) is 85.0 Å². The van der Waals surface area contributed by atoms with Crippen LogP contribution in [0.3, 0.4) is 0 Å². The number of hydrogen-bond acceptors (Lipinski definition) is 12. The van der Waals surface area contributed by atoms with Gasteiger partial charge in [0, 0.05) is 78.5 Å². The van der Waals surface area contributed by atoms with Gasteiger partial charge in [0.15, 0.2) is 23.0 Å². The summed E-state index contributed by atoms with van der Waals surface area (Å²) >= 11 is 12.7. The molecule has 4 heterocycles. The van der Waals surface area contributed by atoms with E-state index in [0.29, 0.717) is 48.2 Å². The normalized spacial score (nSPS) is 35.2. The predicted molar refractivity (Wildman–Crippen MR) is 246 cm³/mol. The molecule has 2 aromatic carbocycles. The Morgan fingerprint density at radius 2 is 1.77 bits per heavy atom. The molecule has 7 aliphatic rings. The van der Waals surface area contributed by atoms with E-state index >= 15 is 0 Å². The van der Waals surface area contributed by atoms with Gasteiger partial charge < -0.3 is 48.3 Å². The van der Waals surface area contributed by atoms with Gasteiger partial charge in [-0.25, -0.2) is 4.98 Å². The number of piperazine rings is 1. The number of ether oxygens (including phenoxy) is 5. The topological polar surface area (TPSA) is 162 Å². The van der Waals surface area contributed by atoms with Crippen LogP contribution in [-0.4, -0.2) is 118 Å². The number of nitrogens with zero attached hydrogens (tertiary/aromatic N) is 4. The molecule has 3 aromatic rings. The van der Waals surface area contributed by atoms with Crippen LogP contribution in [0.2, 0.25) is 10.0 Å². The van der Waals surface area contributed by atoms with Crippen molar-refractivity contribution in [1.82, 2.24) is 14.5 Å². The van der Waals surface area contributed by atoms with E-state index < -0.39 is 41.4 Å². The second-order valence-corrected chi connectivity index (χ2v) is 20.7. The molecule has 0 unspecified atom stereocenters. The summed E-state index contributed by atoms with van der Waals surface area (Å²) in [6, 6.07) is 13.3. The Morgan fingerprint density at radius 3 is 2.45 bits per heavy atom. The summed E-state index contributed by atoms with van der Waals surface area (Å²) < 4.78 is 33.2. The van der Waals surface area contributed by atoms with E-state index in [-0.39, 0.29) is 46.7 Å². The number of Topliss-reactive ketones (excluding diaryl/α,β-unsaturated/α-hetero) is 1. The van der Waals surface area contributed by atoms with Gasteiger partial charge in [-0.3, -0.25) is 14.4 Å². The minimum atomic E-state index is -1.24. The molecule has 3 aliphatic heterocycles. The van der Waals surface area contributed by atoms with Gasteiger partial charge in [0.2, 0.25) is 11.7 Å². The Labute approximate surface area is 395 Å². The van der Waals surface area contributed by atoms with Crippen molar-refractivity contribution < 1.29 is 48.3 Å². The number of rotatable bonds is 9. The average molecular weight is 948 g/mol. The van der Waals surface area contributed by atoms with Crippen LogP contribution < -0.4 is 9.64 Å². The third-order valence-electron chi connectivity index (χ3n) is 15.6. The molecule has 66 heavy (non-hydrogen) atoms. The minimum absolute atomic E-state index is 0.0167. The van der Waals surface area contributed by atoms with Crippen LogP contribution in [0.1, 0.15) is 65.9 Å². The molecule has 0 spiro atoms. The average Bonchev–Trinajstić information content (AvgIpc) is 4.06. The van der Waals surface area contributed by atoms with Crippen LogP contribution in [0.4, 0.5) is 5.69 Å². The molecule has 14 nitrogen and oxygen atoms in total. The highest BCUT2D eigenvalue weighted by molar-refractivity contribution is 6.35. The summed E-state index contributed by atoms with van der Waals surface area (Å²) in [6.07, 6.45) is 12.0. The maximum atomic E-state index is 13.2. The van der Waals surface area contributed by atoms with Crippen molar-refractivity contribution in [3.8, 4) is 5.75 Å². The van der Waals surface area contributed by atoms with E-state index in [9.17, 15) is 24.6 Å². The maximum Gasteiger partial charge on any atom is 0.219 e. The molecule has 3 saturated heterocycles. The van der Waals surface area contributed by atoms with Gasteiger partial charge in [0.1, 0.15) is 25.1 Å². The molecular weight excluding hydrogens is 887 g/mol. The summed E-state index contributed by atoms with van der Waals surface area (Å²) in [4.78, 5) is 45.0.